The summed E-state index contributed by atoms with van der Waals surface area (Å²) in [5, 5.41) is 16.8. The summed E-state index contributed by atoms with van der Waals surface area (Å²) in [7, 11) is 0. The van der Waals surface area contributed by atoms with Gasteiger partial charge in [-0.1, -0.05) is 51.9 Å². The normalized spacial score (nSPS) is 25.9. The van der Waals surface area contributed by atoms with E-state index in [1.807, 2.05) is 27.7 Å². The lowest BCUT2D eigenvalue weighted by Gasteiger charge is -2.28. The lowest BCUT2D eigenvalue weighted by atomic mass is 9.78. The van der Waals surface area contributed by atoms with Crippen molar-refractivity contribution in [1.29, 1.82) is 0 Å². The highest BCUT2D eigenvalue weighted by Gasteiger charge is 2.41. The van der Waals surface area contributed by atoms with Gasteiger partial charge in [0, 0.05) is 23.7 Å². The van der Waals surface area contributed by atoms with Gasteiger partial charge in [-0.2, -0.15) is 0 Å². The summed E-state index contributed by atoms with van der Waals surface area (Å²) in [6, 6.07) is 0. The minimum atomic E-state index is -0.391. The van der Waals surface area contributed by atoms with Gasteiger partial charge in [-0.05, 0) is 6.92 Å². The van der Waals surface area contributed by atoms with Gasteiger partial charge in [0.05, 0.1) is 11.4 Å². The van der Waals surface area contributed by atoms with Crippen molar-refractivity contribution in [3.63, 3.8) is 0 Å². The highest BCUT2D eigenvalue weighted by Crippen LogP contribution is 2.36. The predicted molar refractivity (Wildman–Crippen MR) is 74.3 cm³/mol. The van der Waals surface area contributed by atoms with Crippen molar-refractivity contribution in [1.82, 2.24) is 0 Å². The van der Waals surface area contributed by atoms with E-state index >= 15 is 0 Å². The first kappa shape index (κ1) is 15.0. The molecule has 0 aromatic rings. The monoisotopic (exact) mass is 254 g/mol. The fraction of sp³-hybridized carbons (Fsp3) is 0.857. The van der Waals surface area contributed by atoms with Crippen molar-refractivity contribution >= 4 is 11.4 Å². The minimum Gasteiger partial charge on any atom is -0.411 e. The predicted octanol–water partition coefficient (Wildman–Crippen LogP) is 3.83. The average molecular weight is 254 g/mol. The molecule has 0 spiro atoms. The van der Waals surface area contributed by atoms with Crippen LogP contribution in [0.1, 0.15) is 61.3 Å². The van der Waals surface area contributed by atoms with Crippen molar-refractivity contribution in [2.75, 3.05) is 0 Å². The first-order chi connectivity index (χ1) is 7.98. The topological polar surface area (TPSA) is 54.2 Å². The molecule has 18 heavy (non-hydrogen) atoms. The average Bonchev–Trinajstić information content (AvgIpc) is 2.55. The first-order valence-corrected chi connectivity index (χ1v) is 6.45. The van der Waals surface area contributed by atoms with Crippen LogP contribution in [0.5, 0.6) is 0 Å². The van der Waals surface area contributed by atoms with Crippen LogP contribution in [0, 0.1) is 10.8 Å². The van der Waals surface area contributed by atoms with Crippen LogP contribution in [0.4, 0.5) is 0 Å². The van der Waals surface area contributed by atoms with Gasteiger partial charge in [-0.25, -0.2) is 0 Å². The zero-order valence-corrected chi connectivity index (χ0v) is 12.7. The van der Waals surface area contributed by atoms with Crippen LogP contribution in [0.15, 0.2) is 10.3 Å². The number of hydrogen-bond acceptors (Lipinski definition) is 4. The SMILES string of the molecule is CC1(C/C(=N\O)C(C)(C)C)CC(C(C)(C)C)=NO1. The lowest BCUT2D eigenvalue weighted by molar-refractivity contribution is 0.000883. The summed E-state index contributed by atoms with van der Waals surface area (Å²) in [6.45, 7) is 14.5. The summed E-state index contributed by atoms with van der Waals surface area (Å²) in [6.07, 6.45) is 1.38. The molecule has 0 aromatic carbocycles. The Bertz CT molecular complexity index is 372. The molecule has 0 radical (unpaired) electrons. The molecular formula is C14H26N2O2. The number of nitrogens with zero attached hydrogens (tertiary/aromatic N) is 2. The summed E-state index contributed by atoms with van der Waals surface area (Å²) < 4.78 is 0. The van der Waals surface area contributed by atoms with Gasteiger partial charge in [0.1, 0.15) is 5.60 Å². The number of rotatable bonds is 2. The van der Waals surface area contributed by atoms with Crippen molar-refractivity contribution in [2.24, 2.45) is 21.1 Å². The molecule has 4 nitrogen and oxygen atoms in total. The third-order valence-corrected chi connectivity index (χ3v) is 3.31. The van der Waals surface area contributed by atoms with E-state index in [9.17, 15) is 0 Å². The van der Waals surface area contributed by atoms with E-state index in [-0.39, 0.29) is 10.8 Å². The quantitative estimate of drug-likeness (QED) is 0.462. The van der Waals surface area contributed by atoms with Crippen molar-refractivity contribution in [3.8, 4) is 0 Å². The fourth-order valence-corrected chi connectivity index (χ4v) is 1.89. The maximum absolute atomic E-state index is 9.16. The van der Waals surface area contributed by atoms with Gasteiger partial charge in [0.15, 0.2) is 0 Å². The second-order valence-electron chi connectivity index (χ2n) is 7.48. The van der Waals surface area contributed by atoms with E-state index in [1.54, 1.807) is 0 Å². The summed E-state index contributed by atoms with van der Waals surface area (Å²) in [4.78, 5) is 5.60. The van der Waals surface area contributed by atoms with Gasteiger partial charge in [0.25, 0.3) is 0 Å². The van der Waals surface area contributed by atoms with Crippen molar-refractivity contribution in [2.45, 2.75) is 66.9 Å². The largest absolute Gasteiger partial charge is 0.411 e. The molecule has 1 aliphatic heterocycles. The fourth-order valence-electron chi connectivity index (χ4n) is 1.89. The van der Waals surface area contributed by atoms with E-state index in [0.29, 0.717) is 6.42 Å². The molecule has 1 unspecified atom stereocenters. The van der Waals surface area contributed by atoms with E-state index in [0.717, 1.165) is 17.8 Å². The Morgan fingerprint density at radius 1 is 1.33 bits per heavy atom. The Labute approximate surface area is 110 Å². The van der Waals surface area contributed by atoms with Crippen LogP contribution < -0.4 is 0 Å². The summed E-state index contributed by atoms with van der Waals surface area (Å²) in [5.74, 6) is 0. The molecule has 1 aliphatic rings. The number of hydrogen-bond donors (Lipinski definition) is 1. The van der Waals surface area contributed by atoms with Crippen LogP contribution in [0.3, 0.4) is 0 Å². The Kier molecular flexibility index (Phi) is 3.80. The second-order valence-corrected chi connectivity index (χ2v) is 7.48. The molecule has 0 saturated heterocycles. The number of oxime groups is 2. The molecular weight excluding hydrogens is 228 g/mol. The van der Waals surface area contributed by atoms with Crippen LogP contribution in [0.25, 0.3) is 0 Å². The molecule has 0 aliphatic carbocycles. The molecule has 0 saturated carbocycles. The molecule has 0 bridgehead atoms. The Balaban J connectivity index is 2.77. The van der Waals surface area contributed by atoms with Gasteiger partial charge < -0.3 is 10.0 Å². The van der Waals surface area contributed by atoms with E-state index in [4.69, 9.17) is 10.0 Å². The maximum Gasteiger partial charge on any atom is 0.145 e. The molecule has 104 valence electrons. The lowest BCUT2D eigenvalue weighted by Crippen LogP contribution is -2.35. The summed E-state index contributed by atoms with van der Waals surface area (Å²) in [5.41, 5.74) is 1.28. The molecule has 0 aromatic heterocycles. The Morgan fingerprint density at radius 2 is 1.89 bits per heavy atom. The third-order valence-electron chi connectivity index (χ3n) is 3.31. The van der Waals surface area contributed by atoms with Crippen molar-refractivity contribution in [3.05, 3.63) is 0 Å². The first-order valence-electron chi connectivity index (χ1n) is 6.45. The van der Waals surface area contributed by atoms with E-state index in [2.05, 4.69) is 31.1 Å². The van der Waals surface area contributed by atoms with E-state index < -0.39 is 5.60 Å². The van der Waals surface area contributed by atoms with Gasteiger partial charge >= 0.3 is 0 Å². The van der Waals surface area contributed by atoms with Gasteiger partial charge in [0.2, 0.25) is 0 Å². The van der Waals surface area contributed by atoms with Crippen LogP contribution >= 0.6 is 0 Å². The standard InChI is InChI=1S/C14H26N2O2/c1-12(2,3)10(15-17)8-14(7)9-11(16-18-14)13(4,5)6/h17H,8-9H2,1-7H3/b15-10+. The third kappa shape index (κ3) is 3.47. The minimum absolute atomic E-state index is 0.0238. The zero-order valence-electron chi connectivity index (χ0n) is 12.7. The highest BCUT2D eigenvalue weighted by molar-refractivity contribution is 5.93. The molecule has 0 amide bonds. The molecule has 0 fully saturated rings. The second kappa shape index (κ2) is 4.56. The van der Waals surface area contributed by atoms with Gasteiger partial charge in [-0.3, -0.25) is 0 Å². The van der Waals surface area contributed by atoms with Gasteiger partial charge in [-0.15, -0.1) is 0 Å². The maximum atomic E-state index is 9.16. The van der Waals surface area contributed by atoms with E-state index in [1.165, 1.54) is 0 Å². The molecule has 1 N–H and O–H groups in total. The van der Waals surface area contributed by atoms with Crippen LogP contribution in [-0.4, -0.2) is 22.2 Å². The summed E-state index contributed by atoms with van der Waals surface area (Å²) >= 11 is 0. The van der Waals surface area contributed by atoms with Crippen LogP contribution in [-0.2, 0) is 4.84 Å². The molecule has 1 atom stereocenters. The van der Waals surface area contributed by atoms with Crippen molar-refractivity contribution < 1.29 is 10.0 Å². The smallest absolute Gasteiger partial charge is 0.145 e. The Morgan fingerprint density at radius 3 is 2.22 bits per heavy atom. The highest BCUT2D eigenvalue weighted by atomic mass is 16.7. The molecule has 1 heterocycles. The van der Waals surface area contributed by atoms with Crippen LogP contribution in [0.2, 0.25) is 0 Å². The molecule has 1 rings (SSSR count). The molecule has 4 heteroatoms. The zero-order chi connectivity index (χ0) is 14.2. The Hall–Kier alpha value is -1.06.